The minimum absolute atomic E-state index is 0.139. The predicted octanol–water partition coefficient (Wildman–Crippen LogP) is 4.13. The van der Waals surface area contributed by atoms with Crippen LogP contribution in [0.3, 0.4) is 0 Å². The molecule has 24 heavy (non-hydrogen) atoms. The van der Waals surface area contributed by atoms with Gasteiger partial charge in [0.05, 0.1) is 35.0 Å². The second kappa shape index (κ2) is 6.19. The topological polar surface area (TPSA) is 83.2 Å². The van der Waals surface area contributed by atoms with Gasteiger partial charge in [0.1, 0.15) is 5.75 Å². The van der Waals surface area contributed by atoms with Crippen molar-refractivity contribution in [3.63, 3.8) is 0 Å². The van der Waals surface area contributed by atoms with Crippen LogP contribution in [0.15, 0.2) is 42.6 Å². The van der Waals surface area contributed by atoms with Crippen LogP contribution in [0, 0.1) is 11.3 Å². The van der Waals surface area contributed by atoms with Crippen molar-refractivity contribution in [2.24, 2.45) is 0 Å². The molecule has 0 unspecified atom stereocenters. The molecule has 3 rings (SSSR count). The molecule has 0 saturated carbocycles. The average Bonchev–Trinajstić information content (AvgIpc) is 2.61. The monoisotopic (exact) mass is 338 g/mol. The van der Waals surface area contributed by atoms with Crippen molar-refractivity contribution >= 4 is 28.3 Å². The first-order valence-corrected chi connectivity index (χ1v) is 7.33. The minimum Gasteiger partial charge on any atom is -0.496 e. The van der Waals surface area contributed by atoms with Crippen LogP contribution in [-0.2, 0) is 0 Å². The number of hydrogen-bond donors (Lipinski definition) is 1. The number of aromatic nitrogens is 1. The smallest absolute Gasteiger partial charge is 0.335 e. The lowest BCUT2D eigenvalue weighted by molar-refractivity contribution is 0.0697. The number of methoxy groups -OCH3 is 1. The maximum atomic E-state index is 11.3. The van der Waals surface area contributed by atoms with E-state index in [1.807, 2.05) is 0 Å². The van der Waals surface area contributed by atoms with Gasteiger partial charge >= 0.3 is 5.97 Å². The Morgan fingerprint density at radius 3 is 2.71 bits per heavy atom. The molecule has 0 bridgehead atoms. The largest absolute Gasteiger partial charge is 0.496 e. The van der Waals surface area contributed by atoms with E-state index in [1.165, 1.54) is 25.4 Å². The molecule has 0 atom stereocenters. The molecular formula is C18H11ClN2O3. The Kier molecular flexibility index (Phi) is 4.07. The third-order valence-corrected chi connectivity index (χ3v) is 3.97. The highest BCUT2D eigenvalue weighted by molar-refractivity contribution is 6.35. The summed E-state index contributed by atoms with van der Waals surface area (Å²) in [6.07, 6.45) is 1.51. The number of carbonyl (C=O) groups is 1. The van der Waals surface area contributed by atoms with E-state index in [0.717, 1.165) is 0 Å². The molecule has 0 aliphatic rings. The fourth-order valence-corrected chi connectivity index (χ4v) is 2.73. The number of benzene rings is 2. The lowest BCUT2D eigenvalue weighted by atomic mass is 10.00. The number of rotatable bonds is 3. The molecule has 0 radical (unpaired) electrons. The van der Waals surface area contributed by atoms with E-state index in [-0.39, 0.29) is 5.56 Å². The standard InChI is InChI=1S/C18H11ClN2O3/c1-24-16-6-10(8-20)2-4-13(16)17-14-7-11(18(22)23)3-5-12(14)15(19)9-21-17/h2-7,9H,1H3,(H,22,23). The number of fused-ring (bicyclic) bond motifs is 1. The number of nitrogens with zero attached hydrogens (tertiary/aromatic N) is 2. The molecular weight excluding hydrogens is 328 g/mol. The molecule has 1 heterocycles. The first kappa shape index (κ1) is 15.8. The number of nitriles is 1. The summed E-state index contributed by atoms with van der Waals surface area (Å²) in [5.41, 5.74) is 1.79. The Labute approximate surface area is 142 Å². The number of aromatic carboxylic acids is 1. The van der Waals surface area contributed by atoms with E-state index in [4.69, 9.17) is 21.6 Å². The Hall–Kier alpha value is -3.10. The van der Waals surface area contributed by atoms with Gasteiger partial charge in [0, 0.05) is 22.5 Å². The highest BCUT2D eigenvalue weighted by atomic mass is 35.5. The van der Waals surface area contributed by atoms with Crippen LogP contribution in [-0.4, -0.2) is 23.2 Å². The van der Waals surface area contributed by atoms with Crippen LogP contribution in [0.1, 0.15) is 15.9 Å². The zero-order chi connectivity index (χ0) is 17.3. The molecule has 5 nitrogen and oxygen atoms in total. The quantitative estimate of drug-likeness (QED) is 0.776. The normalized spacial score (nSPS) is 10.4. The summed E-state index contributed by atoms with van der Waals surface area (Å²) in [4.78, 5) is 15.6. The van der Waals surface area contributed by atoms with E-state index in [1.54, 1.807) is 24.3 Å². The lowest BCUT2D eigenvalue weighted by Crippen LogP contribution is -1.97. The second-order valence-electron chi connectivity index (χ2n) is 5.05. The molecule has 0 aliphatic carbocycles. The Bertz CT molecular complexity index is 1010. The Balaban J connectivity index is 2.34. The van der Waals surface area contributed by atoms with Gasteiger partial charge in [0.15, 0.2) is 0 Å². The van der Waals surface area contributed by atoms with Crippen molar-refractivity contribution in [1.82, 2.24) is 4.98 Å². The molecule has 0 amide bonds. The zero-order valence-corrected chi connectivity index (χ0v) is 13.3. The number of ether oxygens (including phenoxy) is 1. The van der Waals surface area contributed by atoms with Gasteiger partial charge in [0.25, 0.3) is 0 Å². The molecule has 0 saturated heterocycles. The SMILES string of the molecule is COc1cc(C#N)ccc1-c1ncc(Cl)c2ccc(C(=O)O)cc12. The van der Waals surface area contributed by atoms with E-state index >= 15 is 0 Å². The van der Waals surface area contributed by atoms with E-state index < -0.39 is 5.97 Å². The van der Waals surface area contributed by atoms with Gasteiger partial charge in [-0.2, -0.15) is 5.26 Å². The summed E-state index contributed by atoms with van der Waals surface area (Å²) in [5.74, 6) is -0.555. The van der Waals surface area contributed by atoms with E-state index in [9.17, 15) is 9.90 Å². The van der Waals surface area contributed by atoms with Crippen molar-refractivity contribution in [3.05, 3.63) is 58.7 Å². The van der Waals surface area contributed by atoms with Gasteiger partial charge in [0.2, 0.25) is 0 Å². The molecule has 1 aromatic heterocycles. The van der Waals surface area contributed by atoms with Crippen LogP contribution in [0.2, 0.25) is 5.02 Å². The Morgan fingerprint density at radius 1 is 1.25 bits per heavy atom. The first-order chi connectivity index (χ1) is 11.5. The molecule has 0 fully saturated rings. The van der Waals surface area contributed by atoms with Crippen molar-refractivity contribution in [1.29, 1.82) is 5.26 Å². The summed E-state index contributed by atoms with van der Waals surface area (Å²) in [6, 6.07) is 11.7. The minimum atomic E-state index is -1.03. The van der Waals surface area contributed by atoms with Gasteiger partial charge in [-0.15, -0.1) is 0 Å². The molecule has 1 N–H and O–H groups in total. The van der Waals surface area contributed by atoms with Crippen LogP contribution < -0.4 is 4.74 Å². The van der Waals surface area contributed by atoms with Gasteiger partial charge in [-0.3, -0.25) is 4.98 Å². The molecule has 3 aromatic rings. The van der Waals surface area contributed by atoms with E-state index in [2.05, 4.69) is 11.1 Å². The molecule has 2 aromatic carbocycles. The summed E-state index contributed by atoms with van der Waals surface area (Å²) < 4.78 is 5.36. The number of halogens is 1. The summed E-state index contributed by atoms with van der Waals surface area (Å²) in [7, 11) is 1.50. The van der Waals surface area contributed by atoms with Crippen molar-refractivity contribution in [3.8, 4) is 23.1 Å². The Morgan fingerprint density at radius 2 is 2.04 bits per heavy atom. The van der Waals surface area contributed by atoms with Gasteiger partial charge in [-0.1, -0.05) is 17.7 Å². The molecule has 6 heteroatoms. The van der Waals surface area contributed by atoms with Crippen LogP contribution >= 0.6 is 11.6 Å². The fourth-order valence-electron chi connectivity index (χ4n) is 2.51. The maximum absolute atomic E-state index is 11.3. The predicted molar refractivity (Wildman–Crippen MR) is 90.4 cm³/mol. The van der Waals surface area contributed by atoms with Crippen LogP contribution in [0.5, 0.6) is 5.75 Å². The highest BCUT2D eigenvalue weighted by Gasteiger charge is 2.15. The second-order valence-corrected chi connectivity index (χ2v) is 5.45. The van der Waals surface area contributed by atoms with Gasteiger partial charge in [-0.25, -0.2) is 4.79 Å². The van der Waals surface area contributed by atoms with Crippen molar-refractivity contribution in [2.75, 3.05) is 7.11 Å². The maximum Gasteiger partial charge on any atom is 0.335 e. The number of hydrogen-bond acceptors (Lipinski definition) is 4. The van der Waals surface area contributed by atoms with Crippen LogP contribution in [0.4, 0.5) is 0 Å². The van der Waals surface area contributed by atoms with E-state index in [0.29, 0.717) is 38.4 Å². The summed E-state index contributed by atoms with van der Waals surface area (Å²) in [6.45, 7) is 0. The number of pyridine rings is 1. The lowest BCUT2D eigenvalue weighted by Gasteiger charge is -2.12. The third-order valence-electron chi connectivity index (χ3n) is 3.67. The van der Waals surface area contributed by atoms with Gasteiger partial charge < -0.3 is 9.84 Å². The average molecular weight is 339 g/mol. The first-order valence-electron chi connectivity index (χ1n) is 6.95. The zero-order valence-electron chi connectivity index (χ0n) is 12.6. The van der Waals surface area contributed by atoms with Crippen molar-refractivity contribution < 1.29 is 14.6 Å². The van der Waals surface area contributed by atoms with Crippen LogP contribution in [0.25, 0.3) is 22.0 Å². The van der Waals surface area contributed by atoms with Crippen molar-refractivity contribution in [2.45, 2.75) is 0 Å². The highest BCUT2D eigenvalue weighted by Crippen LogP contribution is 2.36. The molecule has 0 aliphatic heterocycles. The van der Waals surface area contributed by atoms with Gasteiger partial charge in [-0.05, 0) is 30.3 Å². The summed E-state index contributed by atoms with van der Waals surface area (Å²) in [5, 5.41) is 20.0. The third kappa shape index (κ3) is 2.64. The fraction of sp³-hybridized carbons (Fsp3) is 0.0556. The summed E-state index contributed by atoms with van der Waals surface area (Å²) >= 11 is 6.19. The number of carboxylic acids is 1. The molecule has 0 spiro atoms. The molecule has 118 valence electrons. The number of carboxylic acid groups (broad SMARTS) is 1.